The smallest absolute Gasteiger partial charge is 0.287 e. The van der Waals surface area contributed by atoms with Crippen LogP contribution in [0.5, 0.6) is 5.75 Å². The minimum Gasteiger partial charge on any atom is -0.486 e. The van der Waals surface area contributed by atoms with Gasteiger partial charge in [0.25, 0.3) is 5.91 Å². The lowest BCUT2D eigenvalue weighted by Gasteiger charge is -2.25. The molecule has 7 heteroatoms. The van der Waals surface area contributed by atoms with E-state index in [1.165, 1.54) is 12.1 Å². The number of nitrogens with one attached hydrogen (secondary N) is 1. The Bertz CT molecular complexity index is 939. The van der Waals surface area contributed by atoms with Crippen LogP contribution in [0.2, 0.25) is 0 Å². The van der Waals surface area contributed by atoms with E-state index >= 15 is 0 Å². The molecule has 0 saturated carbocycles. The SMILES string of the molecule is CN(C)C(CNC(=O)c1ccc(COc2ccc(Br)cc2)o1)c1ccc(F)cc1. The highest BCUT2D eigenvalue weighted by atomic mass is 79.9. The lowest BCUT2D eigenvalue weighted by molar-refractivity contribution is 0.0910. The summed E-state index contributed by atoms with van der Waals surface area (Å²) in [6.07, 6.45) is 0. The number of carbonyl (C=O) groups is 1. The van der Waals surface area contributed by atoms with Gasteiger partial charge in [0, 0.05) is 11.0 Å². The second-order valence-electron chi connectivity index (χ2n) is 6.75. The van der Waals surface area contributed by atoms with Gasteiger partial charge in [-0.05, 0) is 68.2 Å². The molecular formula is C22H22BrFN2O3. The van der Waals surface area contributed by atoms with Crippen molar-refractivity contribution in [3.63, 3.8) is 0 Å². The van der Waals surface area contributed by atoms with E-state index in [2.05, 4.69) is 21.2 Å². The van der Waals surface area contributed by atoms with Gasteiger partial charge in [0.15, 0.2) is 5.76 Å². The van der Waals surface area contributed by atoms with Gasteiger partial charge in [-0.15, -0.1) is 0 Å². The third kappa shape index (κ3) is 5.92. The van der Waals surface area contributed by atoms with Crippen LogP contribution in [0, 0.1) is 5.82 Å². The summed E-state index contributed by atoms with van der Waals surface area (Å²) in [5.41, 5.74) is 0.916. The maximum atomic E-state index is 13.2. The fourth-order valence-corrected chi connectivity index (χ4v) is 3.09. The summed E-state index contributed by atoms with van der Waals surface area (Å²) >= 11 is 3.37. The molecule has 5 nitrogen and oxygen atoms in total. The van der Waals surface area contributed by atoms with Gasteiger partial charge >= 0.3 is 0 Å². The Morgan fingerprint density at radius 3 is 2.45 bits per heavy atom. The number of nitrogens with zero attached hydrogens (tertiary/aromatic N) is 1. The summed E-state index contributed by atoms with van der Waals surface area (Å²) in [5, 5.41) is 2.87. The monoisotopic (exact) mass is 460 g/mol. The summed E-state index contributed by atoms with van der Waals surface area (Å²) in [7, 11) is 3.81. The van der Waals surface area contributed by atoms with E-state index in [4.69, 9.17) is 9.15 Å². The lowest BCUT2D eigenvalue weighted by Crippen LogP contribution is -2.34. The molecule has 1 N–H and O–H groups in total. The molecule has 1 amide bonds. The average molecular weight is 461 g/mol. The molecule has 0 saturated heterocycles. The van der Waals surface area contributed by atoms with Gasteiger partial charge in [-0.1, -0.05) is 28.1 Å². The first-order valence-electron chi connectivity index (χ1n) is 9.09. The number of halogens is 2. The molecule has 1 heterocycles. The molecule has 0 fully saturated rings. The molecule has 3 rings (SSSR count). The summed E-state index contributed by atoms with van der Waals surface area (Å²) in [6.45, 7) is 0.591. The standard InChI is InChI=1S/C22H22BrFN2O3/c1-26(2)20(15-3-7-17(24)8-4-15)13-25-22(27)21-12-11-19(29-21)14-28-18-9-5-16(23)6-10-18/h3-12,20H,13-14H2,1-2H3,(H,25,27). The highest BCUT2D eigenvalue weighted by Crippen LogP contribution is 2.19. The zero-order valence-corrected chi connectivity index (χ0v) is 17.8. The average Bonchev–Trinajstić information content (AvgIpc) is 3.18. The van der Waals surface area contributed by atoms with Gasteiger partial charge in [0.2, 0.25) is 0 Å². The van der Waals surface area contributed by atoms with Crippen LogP contribution in [0.3, 0.4) is 0 Å². The number of amides is 1. The van der Waals surface area contributed by atoms with E-state index in [0.717, 1.165) is 10.0 Å². The predicted molar refractivity (Wildman–Crippen MR) is 112 cm³/mol. The maximum Gasteiger partial charge on any atom is 0.287 e. The summed E-state index contributed by atoms with van der Waals surface area (Å²) in [4.78, 5) is 14.4. The van der Waals surface area contributed by atoms with Gasteiger partial charge in [-0.2, -0.15) is 0 Å². The van der Waals surface area contributed by atoms with Crippen molar-refractivity contribution >= 4 is 21.8 Å². The Hall–Kier alpha value is -2.64. The normalized spacial score (nSPS) is 12.0. The zero-order chi connectivity index (χ0) is 20.8. The Labute approximate surface area is 177 Å². The van der Waals surface area contributed by atoms with Crippen LogP contribution in [0.1, 0.15) is 27.9 Å². The van der Waals surface area contributed by atoms with Crippen molar-refractivity contribution in [2.24, 2.45) is 0 Å². The quantitative estimate of drug-likeness (QED) is 0.524. The number of hydrogen-bond acceptors (Lipinski definition) is 4. The van der Waals surface area contributed by atoms with Crippen molar-refractivity contribution in [3.05, 3.63) is 88.0 Å². The van der Waals surface area contributed by atoms with E-state index < -0.39 is 0 Å². The molecular weight excluding hydrogens is 439 g/mol. The third-order valence-electron chi connectivity index (χ3n) is 4.41. The van der Waals surface area contributed by atoms with Crippen LogP contribution in [0.25, 0.3) is 0 Å². The molecule has 0 aliphatic heterocycles. The number of ether oxygens (including phenoxy) is 1. The van der Waals surface area contributed by atoms with Crippen molar-refractivity contribution in [2.45, 2.75) is 12.6 Å². The van der Waals surface area contributed by atoms with Crippen LogP contribution >= 0.6 is 15.9 Å². The molecule has 152 valence electrons. The first-order valence-corrected chi connectivity index (χ1v) is 9.89. The summed E-state index contributed by atoms with van der Waals surface area (Å²) in [6, 6.07) is 17.0. The van der Waals surface area contributed by atoms with Gasteiger partial charge in [0.1, 0.15) is 23.9 Å². The second kappa shape index (κ2) is 9.71. The molecule has 0 aliphatic carbocycles. The van der Waals surface area contributed by atoms with Crippen molar-refractivity contribution < 1.29 is 18.3 Å². The van der Waals surface area contributed by atoms with Gasteiger partial charge in [-0.3, -0.25) is 4.79 Å². The number of carbonyl (C=O) groups excluding carboxylic acids is 1. The van der Waals surface area contributed by atoms with Crippen molar-refractivity contribution in [1.29, 1.82) is 0 Å². The first kappa shape index (κ1) is 21.1. The highest BCUT2D eigenvalue weighted by Gasteiger charge is 2.18. The molecule has 3 aromatic rings. The van der Waals surface area contributed by atoms with E-state index in [-0.39, 0.29) is 30.1 Å². The minimum absolute atomic E-state index is 0.0882. The number of likely N-dealkylation sites (N-methyl/N-ethyl adjacent to an activating group) is 1. The van der Waals surface area contributed by atoms with Crippen LogP contribution in [0.4, 0.5) is 4.39 Å². The van der Waals surface area contributed by atoms with E-state index in [1.807, 2.05) is 43.3 Å². The van der Waals surface area contributed by atoms with Gasteiger partial charge < -0.3 is 19.4 Å². The first-order chi connectivity index (χ1) is 13.9. The fourth-order valence-electron chi connectivity index (χ4n) is 2.82. The van der Waals surface area contributed by atoms with Crippen LogP contribution in [-0.2, 0) is 6.61 Å². The molecule has 0 aliphatic rings. The maximum absolute atomic E-state index is 13.2. The fraction of sp³-hybridized carbons (Fsp3) is 0.227. The summed E-state index contributed by atoms with van der Waals surface area (Å²) < 4.78 is 25.4. The van der Waals surface area contributed by atoms with Crippen LogP contribution in [-0.4, -0.2) is 31.4 Å². The number of rotatable bonds is 8. The predicted octanol–water partition coefficient (Wildman–Crippen LogP) is 4.79. The molecule has 1 aromatic heterocycles. The molecule has 2 aromatic carbocycles. The molecule has 0 spiro atoms. The topological polar surface area (TPSA) is 54.7 Å². The van der Waals surface area contributed by atoms with E-state index in [9.17, 15) is 9.18 Å². The molecule has 29 heavy (non-hydrogen) atoms. The zero-order valence-electron chi connectivity index (χ0n) is 16.2. The highest BCUT2D eigenvalue weighted by molar-refractivity contribution is 9.10. The summed E-state index contributed by atoms with van der Waals surface area (Å²) in [5.74, 6) is 0.887. The van der Waals surface area contributed by atoms with Crippen LogP contribution in [0.15, 0.2) is 69.6 Å². The number of furan rings is 1. The third-order valence-corrected chi connectivity index (χ3v) is 4.94. The van der Waals surface area contributed by atoms with Crippen LogP contribution < -0.4 is 10.1 Å². The minimum atomic E-state index is -0.311. The Morgan fingerprint density at radius 1 is 1.10 bits per heavy atom. The Morgan fingerprint density at radius 2 is 1.79 bits per heavy atom. The largest absolute Gasteiger partial charge is 0.486 e. The van der Waals surface area contributed by atoms with Gasteiger partial charge in [0.05, 0.1) is 6.04 Å². The van der Waals surface area contributed by atoms with Gasteiger partial charge in [-0.25, -0.2) is 4.39 Å². The Kier molecular flexibility index (Phi) is 7.06. The molecule has 0 radical (unpaired) electrons. The van der Waals surface area contributed by atoms with Crippen molar-refractivity contribution in [2.75, 3.05) is 20.6 Å². The van der Waals surface area contributed by atoms with Crippen molar-refractivity contribution in [3.8, 4) is 5.75 Å². The Balaban J connectivity index is 1.56. The molecule has 1 unspecified atom stereocenters. The molecule has 0 bridgehead atoms. The van der Waals surface area contributed by atoms with E-state index in [0.29, 0.717) is 18.1 Å². The number of benzene rings is 2. The molecule has 1 atom stereocenters. The van der Waals surface area contributed by atoms with E-state index in [1.54, 1.807) is 24.3 Å². The van der Waals surface area contributed by atoms with Crippen molar-refractivity contribution in [1.82, 2.24) is 10.2 Å². The lowest BCUT2D eigenvalue weighted by atomic mass is 10.1. The second-order valence-corrected chi connectivity index (χ2v) is 7.67. The number of hydrogen-bond donors (Lipinski definition) is 1.